The molecular weight excluding hydrogens is 268 g/mol. The first-order valence-corrected chi connectivity index (χ1v) is 6.46. The third-order valence-corrected chi connectivity index (χ3v) is 3.05. The summed E-state index contributed by atoms with van der Waals surface area (Å²) in [5.41, 5.74) is 11.8. The average Bonchev–Trinajstić information content (AvgIpc) is 2.50. The van der Waals surface area contributed by atoms with Crippen molar-refractivity contribution >= 4 is 11.0 Å². The Bertz CT molecular complexity index is 826. The number of rotatable bonds is 3. The number of hydrogen-bond acceptors (Lipinski definition) is 5. The molecule has 3 rings (SSSR count). The minimum absolute atomic E-state index is 0.0231. The quantitative estimate of drug-likeness (QED) is 0.717. The Morgan fingerprint density at radius 2 is 1.62 bits per heavy atom. The molecule has 5 heteroatoms. The van der Waals surface area contributed by atoms with Crippen LogP contribution >= 0.6 is 0 Å². The summed E-state index contributed by atoms with van der Waals surface area (Å²) < 4.78 is 11.1. The van der Waals surface area contributed by atoms with E-state index in [1.54, 1.807) is 24.3 Å². The molecule has 0 aliphatic rings. The van der Waals surface area contributed by atoms with Gasteiger partial charge in [0.2, 0.25) is 17.5 Å². The molecule has 3 aromatic rings. The van der Waals surface area contributed by atoms with E-state index in [9.17, 15) is 4.79 Å². The summed E-state index contributed by atoms with van der Waals surface area (Å²) in [6.07, 6.45) is -1.10. The molecule has 4 N–H and O–H groups in total. The fraction of sp³-hybridized carbons (Fsp3) is 0.0625. The van der Waals surface area contributed by atoms with Crippen molar-refractivity contribution in [2.75, 3.05) is 0 Å². The van der Waals surface area contributed by atoms with Crippen molar-refractivity contribution in [3.8, 4) is 17.1 Å². The summed E-state index contributed by atoms with van der Waals surface area (Å²) in [6, 6.07) is 16.2. The van der Waals surface area contributed by atoms with Crippen molar-refractivity contribution in [1.82, 2.24) is 0 Å². The molecule has 0 atom stereocenters. The van der Waals surface area contributed by atoms with Crippen LogP contribution < -0.4 is 21.6 Å². The molecule has 0 saturated heterocycles. The molecule has 0 bridgehead atoms. The normalized spacial score (nSPS) is 11.0. The van der Waals surface area contributed by atoms with E-state index in [1.807, 2.05) is 30.3 Å². The molecule has 106 valence electrons. The van der Waals surface area contributed by atoms with Gasteiger partial charge in [-0.05, 0) is 12.1 Å². The molecule has 0 amide bonds. The maximum absolute atomic E-state index is 12.6. The van der Waals surface area contributed by atoms with E-state index < -0.39 is 6.35 Å². The lowest BCUT2D eigenvalue weighted by molar-refractivity contribution is 0.212. The Hall–Kier alpha value is -2.63. The minimum atomic E-state index is -1.10. The second-order valence-electron chi connectivity index (χ2n) is 4.53. The van der Waals surface area contributed by atoms with E-state index in [0.29, 0.717) is 16.7 Å². The van der Waals surface area contributed by atoms with Gasteiger partial charge < -0.3 is 9.15 Å². The molecule has 5 nitrogen and oxygen atoms in total. The van der Waals surface area contributed by atoms with Gasteiger partial charge in [0.25, 0.3) is 0 Å². The van der Waals surface area contributed by atoms with E-state index in [1.165, 1.54) is 0 Å². The fourth-order valence-electron chi connectivity index (χ4n) is 2.15. The van der Waals surface area contributed by atoms with Crippen LogP contribution in [0.5, 0.6) is 5.75 Å². The molecule has 21 heavy (non-hydrogen) atoms. The molecule has 0 unspecified atom stereocenters. The third kappa shape index (κ3) is 2.52. The van der Waals surface area contributed by atoms with Gasteiger partial charge in [0.1, 0.15) is 5.58 Å². The molecule has 1 heterocycles. The van der Waals surface area contributed by atoms with Crippen LogP contribution in [-0.2, 0) is 0 Å². The molecule has 0 radical (unpaired) electrons. The highest BCUT2D eigenvalue weighted by atomic mass is 16.5. The van der Waals surface area contributed by atoms with Crippen LogP contribution in [0.1, 0.15) is 0 Å². The zero-order valence-electron chi connectivity index (χ0n) is 11.2. The van der Waals surface area contributed by atoms with Crippen LogP contribution in [0, 0.1) is 0 Å². The number of para-hydroxylation sites is 1. The Balaban J connectivity index is 2.33. The highest BCUT2D eigenvalue weighted by molar-refractivity contribution is 5.81. The molecule has 1 aromatic heterocycles. The fourth-order valence-corrected chi connectivity index (χ4v) is 2.15. The first-order valence-electron chi connectivity index (χ1n) is 6.46. The van der Waals surface area contributed by atoms with E-state index in [-0.39, 0.29) is 11.2 Å². The van der Waals surface area contributed by atoms with Crippen molar-refractivity contribution in [2.45, 2.75) is 6.35 Å². The minimum Gasteiger partial charge on any atom is -0.455 e. The summed E-state index contributed by atoms with van der Waals surface area (Å²) in [6.45, 7) is 0. The summed E-state index contributed by atoms with van der Waals surface area (Å²) in [7, 11) is 0. The Morgan fingerprint density at radius 3 is 2.33 bits per heavy atom. The Kier molecular flexibility index (Phi) is 3.43. The smallest absolute Gasteiger partial charge is 0.235 e. The molecule has 0 spiro atoms. The lowest BCUT2D eigenvalue weighted by atomic mass is 10.1. The monoisotopic (exact) mass is 282 g/mol. The Morgan fingerprint density at radius 1 is 0.952 bits per heavy atom. The molecule has 0 fully saturated rings. The van der Waals surface area contributed by atoms with Gasteiger partial charge in [0.15, 0.2) is 5.76 Å². The van der Waals surface area contributed by atoms with Crippen LogP contribution in [0.2, 0.25) is 0 Å². The van der Waals surface area contributed by atoms with Gasteiger partial charge in [0, 0.05) is 5.56 Å². The van der Waals surface area contributed by atoms with Crippen molar-refractivity contribution in [1.29, 1.82) is 0 Å². The largest absolute Gasteiger partial charge is 0.455 e. The maximum atomic E-state index is 12.6. The molecule has 0 aliphatic carbocycles. The summed E-state index contributed by atoms with van der Waals surface area (Å²) in [5, 5.41) is 0.424. The Labute approximate surface area is 120 Å². The second-order valence-corrected chi connectivity index (χ2v) is 4.53. The molecule has 2 aromatic carbocycles. The van der Waals surface area contributed by atoms with Crippen LogP contribution in [0.3, 0.4) is 0 Å². The van der Waals surface area contributed by atoms with Crippen molar-refractivity contribution < 1.29 is 9.15 Å². The zero-order valence-corrected chi connectivity index (χ0v) is 11.2. The highest BCUT2D eigenvalue weighted by Crippen LogP contribution is 2.30. The van der Waals surface area contributed by atoms with E-state index in [4.69, 9.17) is 20.6 Å². The van der Waals surface area contributed by atoms with Crippen molar-refractivity contribution in [3.63, 3.8) is 0 Å². The van der Waals surface area contributed by atoms with E-state index >= 15 is 0 Å². The highest BCUT2D eigenvalue weighted by Gasteiger charge is 2.18. The second kappa shape index (κ2) is 5.40. The summed E-state index contributed by atoms with van der Waals surface area (Å²) in [5.74, 6) is 0.343. The van der Waals surface area contributed by atoms with Gasteiger partial charge in [-0.3, -0.25) is 16.3 Å². The van der Waals surface area contributed by atoms with Gasteiger partial charge in [-0.25, -0.2) is 0 Å². The average molecular weight is 282 g/mol. The molecule has 0 saturated carbocycles. The predicted molar refractivity (Wildman–Crippen MR) is 80.7 cm³/mol. The van der Waals surface area contributed by atoms with Gasteiger partial charge >= 0.3 is 0 Å². The molecular formula is C16H14N2O3. The lowest BCUT2D eigenvalue weighted by Crippen LogP contribution is -2.38. The maximum Gasteiger partial charge on any atom is 0.235 e. The molecule has 0 aliphatic heterocycles. The van der Waals surface area contributed by atoms with Gasteiger partial charge in [0.05, 0.1) is 5.39 Å². The van der Waals surface area contributed by atoms with Gasteiger partial charge in [-0.2, -0.15) is 0 Å². The number of nitrogens with two attached hydrogens (primary N) is 2. The topological polar surface area (TPSA) is 91.5 Å². The van der Waals surface area contributed by atoms with Crippen LogP contribution in [0.25, 0.3) is 22.3 Å². The predicted octanol–water partition coefficient (Wildman–Crippen LogP) is 2.04. The number of benzene rings is 2. The zero-order chi connectivity index (χ0) is 14.8. The van der Waals surface area contributed by atoms with Crippen LogP contribution in [-0.4, -0.2) is 6.35 Å². The van der Waals surface area contributed by atoms with Crippen LogP contribution in [0.4, 0.5) is 0 Å². The summed E-state index contributed by atoms with van der Waals surface area (Å²) >= 11 is 0. The van der Waals surface area contributed by atoms with Gasteiger partial charge in [-0.15, -0.1) is 0 Å². The first kappa shape index (κ1) is 13.4. The number of hydrogen-bond donors (Lipinski definition) is 2. The van der Waals surface area contributed by atoms with E-state index in [0.717, 1.165) is 5.56 Å². The van der Waals surface area contributed by atoms with Crippen LogP contribution in [0.15, 0.2) is 63.8 Å². The van der Waals surface area contributed by atoms with Crippen molar-refractivity contribution in [3.05, 3.63) is 64.8 Å². The van der Waals surface area contributed by atoms with Crippen molar-refractivity contribution in [2.24, 2.45) is 11.5 Å². The van der Waals surface area contributed by atoms with Gasteiger partial charge in [-0.1, -0.05) is 42.5 Å². The van der Waals surface area contributed by atoms with E-state index in [2.05, 4.69) is 0 Å². The SMILES string of the molecule is NC(N)Oc1c(-c2ccccc2)oc2ccccc2c1=O. The first-order chi connectivity index (χ1) is 10.2. The standard InChI is InChI=1S/C16H14N2O3/c17-16(18)21-15-13(19)11-8-4-5-9-12(11)20-14(15)10-6-2-1-3-7-10/h1-9,16H,17-18H2. The number of fused-ring (bicyclic) bond motifs is 1. The summed E-state index contributed by atoms with van der Waals surface area (Å²) in [4.78, 5) is 12.6. The third-order valence-electron chi connectivity index (χ3n) is 3.05. The number of ether oxygens (including phenoxy) is 1. The lowest BCUT2D eigenvalue weighted by Gasteiger charge is -2.13.